The average molecular weight is 668 g/mol. The Morgan fingerprint density at radius 1 is 1.07 bits per heavy atom. The van der Waals surface area contributed by atoms with Crippen molar-refractivity contribution in [2.75, 3.05) is 17.7 Å². The smallest absolute Gasteiger partial charge is 0.338 e. The van der Waals surface area contributed by atoms with Crippen molar-refractivity contribution in [1.82, 2.24) is 14.8 Å². The minimum Gasteiger partial charge on any atom is -0.490 e. The maximum absolute atomic E-state index is 14.3. The van der Waals surface area contributed by atoms with E-state index in [0.29, 0.717) is 56.1 Å². The van der Waals surface area contributed by atoms with Crippen LogP contribution in [-0.2, 0) is 22.7 Å². The highest BCUT2D eigenvalue weighted by atomic mass is 79.9. The second-order valence-corrected chi connectivity index (χ2v) is 11.7. The molecule has 0 amide bonds. The second kappa shape index (κ2) is 14.1. The summed E-state index contributed by atoms with van der Waals surface area (Å²) in [4.78, 5) is 18.4. The molecule has 0 saturated heterocycles. The zero-order valence-electron chi connectivity index (χ0n) is 24.1. The largest absolute Gasteiger partial charge is 0.490 e. The van der Waals surface area contributed by atoms with Gasteiger partial charge in [-0.05, 0) is 65.5 Å². The number of carbonyl (C=O) groups excluding carboxylic acids is 1. The quantitative estimate of drug-likeness (QED) is 0.122. The van der Waals surface area contributed by atoms with Crippen LogP contribution in [0.3, 0.4) is 0 Å². The lowest BCUT2D eigenvalue weighted by atomic mass is 9.95. The number of aromatic nitrogens is 3. The molecule has 0 spiro atoms. The predicted molar refractivity (Wildman–Crippen MR) is 168 cm³/mol. The molecule has 1 N–H and O–H groups in total. The molecule has 4 aromatic rings. The minimum atomic E-state index is -0.667. The Balaban J connectivity index is 1.53. The van der Waals surface area contributed by atoms with E-state index in [2.05, 4.69) is 33.2 Å². The van der Waals surface area contributed by atoms with E-state index in [4.69, 9.17) is 19.3 Å². The van der Waals surface area contributed by atoms with Crippen LogP contribution in [0.15, 0.2) is 87.6 Å². The third kappa shape index (κ3) is 7.05. The van der Waals surface area contributed by atoms with Crippen molar-refractivity contribution in [2.45, 2.75) is 51.6 Å². The summed E-state index contributed by atoms with van der Waals surface area (Å²) in [5, 5.41) is 8.63. The van der Waals surface area contributed by atoms with Gasteiger partial charge in [0.1, 0.15) is 25.1 Å². The molecule has 0 radical (unpaired) electrons. The van der Waals surface area contributed by atoms with Crippen molar-refractivity contribution in [3.63, 3.8) is 0 Å². The molecule has 1 aliphatic heterocycles. The maximum atomic E-state index is 14.3. The monoisotopic (exact) mass is 666 g/mol. The molecule has 224 valence electrons. The number of benzene rings is 3. The van der Waals surface area contributed by atoms with Crippen molar-refractivity contribution >= 4 is 39.6 Å². The van der Waals surface area contributed by atoms with Crippen molar-refractivity contribution in [3.05, 3.63) is 105 Å². The molecule has 1 aliphatic rings. The number of halogens is 2. The molecule has 1 aromatic heterocycles. The highest BCUT2D eigenvalue weighted by Crippen LogP contribution is 2.43. The van der Waals surface area contributed by atoms with Crippen LogP contribution < -0.4 is 14.8 Å². The molecular weight excluding hydrogens is 635 g/mol. The summed E-state index contributed by atoms with van der Waals surface area (Å²) in [6.07, 6.45) is 0.971. The van der Waals surface area contributed by atoms with Crippen molar-refractivity contribution in [1.29, 1.82) is 0 Å². The van der Waals surface area contributed by atoms with Crippen LogP contribution in [-0.4, -0.2) is 33.1 Å². The fourth-order valence-corrected chi connectivity index (χ4v) is 5.93. The Bertz CT molecular complexity index is 1630. The predicted octanol–water partition coefficient (Wildman–Crippen LogP) is 7.69. The Kier molecular flexibility index (Phi) is 10.0. The standard InChI is InChI=1S/C32H32BrFN4O4S/c1-4-15-43-32-36-31-35-20(3)27(30(39)42-18-21-11-7-6-8-12-21)28(38(31)37-32)23-16-24(33)29(26(17-23)40-5-2)41-19-22-13-9-10-14-25(22)34/h6-14,16-17,28H,4-5,15,18-19H2,1-3H3,(H,35,36,37). The lowest BCUT2D eigenvalue weighted by Crippen LogP contribution is -2.29. The number of ether oxygens (including phenoxy) is 3. The van der Waals surface area contributed by atoms with Crippen LogP contribution in [0.2, 0.25) is 0 Å². The molecule has 1 unspecified atom stereocenters. The number of carbonyl (C=O) groups is 1. The summed E-state index contributed by atoms with van der Waals surface area (Å²) in [5.41, 5.74) is 3.02. The van der Waals surface area contributed by atoms with Gasteiger partial charge in [0.2, 0.25) is 11.1 Å². The molecule has 43 heavy (non-hydrogen) atoms. The number of nitrogens with zero attached hydrogens (tertiary/aromatic N) is 3. The van der Waals surface area contributed by atoms with Gasteiger partial charge in [0.25, 0.3) is 0 Å². The molecule has 11 heteroatoms. The van der Waals surface area contributed by atoms with E-state index in [9.17, 15) is 9.18 Å². The van der Waals surface area contributed by atoms with Gasteiger partial charge in [-0.1, -0.05) is 67.2 Å². The van der Waals surface area contributed by atoms with Crippen LogP contribution in [0.1, 0.15) is 49.9 Å². The van der Waals surface area contributed by atoms with Crippen LogP contribution in [0.4, 0.5) is 10.3 Å². The topological polar surface area (TPSA) is 87.5 Å². The fraction of sp³-hybridized carbons (Fsp3) is 0.281. The van der Waals surface area contributed by atoms with E-state index in [1.807, 2.05) is 56.3 Å². The first-order chi connectivity index (χ1) is 20.9. The second-order valence-electron chi connectivity index (χ2n) is 9.78. The number of hydrogen-bond acceptors (Lipinski definition) is 8. The van der Waals surface area contributed by atoms with Gasteiger partial charge in [-0.15, -0.1) is 5.10 Å². The summed E-state index contributed by atoms with van der Waals surface area (Å²) in [6.45, 7) is 6.30. The van der Waals surface area contributed by atoms with Gasteiger partial charge in [-0.2, -0.15) is 4.98 Å². The van der Waals surface area contributed by atoms with Crippen LogP contribution in [0.25, 0.3) is 0 Å². The number of nitrogens with one attached hydrogen (secondary N) is 1. The van der Waals surface area contributed by atoms with E-state index in [0.717, 1.165) is 17.7 Å². The summed E-state index contributed by atoms with van der Waals surface area (Å²) < 4.78 is 34.5. The molecule has 2 heterocycles. The van der Waals surface area contributed by atoms with E-state index < -0.39 is 12.0 Å². The molecule has 0 fully saturated rings. The molecule has 8 nitrogen and oxygen atoms in total. The van der Waals surface area contributed by atoms with Crippen molar-refractivity contribution < 1.29 is 23.4 Å². The van der Waals surface area contributed by atoms with Gasteiger partial charge in [0.05, 0.1) is 16.7 Å². The highest BCUT2D eigenvalue weighted by Gasteiger charge is 2.36. The van der Waals surface area contributed by atoms with Crippen molar-refractivity contribution in [2.24, 2.45) is 0 Å². The Morgan fingerprint density at radius 3 is 2.58 bits per heavy atom. The first-order valence-corrected chi connectivity index (χ1v) is 15.8. The minimum absolute atomic E-state index is 0.0132. The maximum Gasteiger partial charge on any atom is 0.338 e. The first kappa shape index (κ1) is 30.6. The van der Waals surface area contributed by atoms with E-state index in [1.165, 1.54) is 6.07 Å². The van der Waals surface area contributed by atoms with Crippen LogP contribution in [0.5, 0.6) is 11.5 Å². The van der Waals surface area contributed by atoms with Crippen molar-refractivity contribution in [3.8, 4) is 11.5 Å². The van der Waals surface area contributed by atoms with E-state index in [1.54, 1.807) is 34.6 Å². The molecule has 1 atom stereocenters. The zero-order valence-corrected chi connectivity index (χ0v) is 26.5. The number of hydrogen-bond donors (Lipinski definition) is 1. The van der Waals surface area contributed by atoms with Gasteiger partial charge in [-0.3, -0.25) is 0 Å². The van der Waals surface area contributed by atoms with E-state index in [-0.39, 0.29) is 19.0 Å². The SMILES string of the molecule is CCCSc1nc2n(n1)C(c1cc(Br)c(OCc3ccccc3F)c(OCC)c1)C(C(=O)OCc1ccccc1)=C(C)N2. The Hall–Kier alpha value is -3.83. The lowest BCUT2D eigenvalue weighted by molar-refractivity contribution is -0.140. The third-order valence-electron chi connectivity index (χ3n) is 6.68. The zero-order chi connectivity index (χ0) is 30.3. The normalized spacial score (nSPS) is 14.2. The summed E-state index contributed by atoms with van der Waals surface area (Å²) in [6, 6.07) is 19.0. The first-order valence-electron chi connectivity index (χ1n) is 14.0. The van der Waals surface area contributed by atoms with Crippen LogP contribution in [0, 0.1) is 5.82 Å². The fourth-order valence-electron chi connectivity index (χ4n) is 4.67. The molecule has 0 aliphatic carbocycles. The highest BCUT2D eigenvalue weighted by molar-refractivity contribution is 9.10. The summed E-state index contributed by atoms with van der Waals surface area (Å²) >= 11 is 5.19. The Morgan fingerprint density at radius 2 is 1.84 bits per heavy atom. The number of thioether (sulfide) groups is 1. The lowest BCUT2D eigenvalue weighted by Gasteiger charge is -2.29. The van der Waals surface area contributed by atoms with Gasteiger partial charge in [0.15, 0.2) is 11.5 Å². The number of fused-ring (bicyclic) bond motifs is 1. The van der Waals surface area contributed by atoms with Gasteiger partial charge in [0, 0.05) is 17.0 Å². The average Bonchev–Trinajstić information content (AvgIpc) is 3.41. The molecule has 0 bridgehead atoms. The number of anilines is 1. The summed E-state index contributed by atoms with van der Waals surface area (Å²) in [5.74, 6) is 1.43. The van der Waals surface area contributed by atoms with Gasteiger partial charge >= 0.3 is 5.97 Å². The van der Waals surface area contributed by atoms with Gasteiger partial charge in [-0.25, -0.2) is 13.9 Å². The van der Waals surface area contributed by atoms with Gasteiger partial charge < -0.3 is 19.5 Å². The van der Waals surface area contributed by atoms with E-state index >= 15 is 0 Å². The molecule has 0 saturated carbocycles. The Labute approximate surface area is 262 Å². The van der Waals surface area contributed by atoms with Crippen LogP contribution >= 0.6 is 27.7 Å². The number of allylic oxidation sites excluding steroid dienone is 1. The molecule has 5 rings (SSSR count). The summed E-state index contributed by atoms with van der Waals surface area (Å²) in [7, 11) is 0. The number of esters is 1. The molecular formula is C32H32BrFN4O4S. The third-order valence-corrected chi connectivity index (χ3v) is 8.31. The molecule has 3 aromatic carbocycles. The number of rotatable bonds is 12.